The van der Waals surface area contributed by atoms with Crippen LogP contribution in [0.15, 0.2) is 40.9 Å². The van der Waals surface area contributed by atoms with Crippen LogP contribution in [0.3, 0.4) is 0 Å². The lowest BCUT2D eigenvalue weighted by atomic mass is 10.2. The van der Waals surface area contributed by atoms with Crippen LogP contribution < -0.4 is 10.5 Å². The fourth-order valence-electron chi connectivity index (χ4n) is 1.54. The molecule has 100 valence electrons. The number of hydrogen-bond donors (Lipinski definition) is 1. The summed E-state index contributed by atoms with van der Waals surface area (Å²) in [7, 11) is 0. The lowest BCUT2D eigenvalue weighted by Gasteiger charge is -2.11. The SMILES string of the molecule is Nc1ccc(Oc2cc(F)cc(Br)c2)c(C(F)F)c1. The van der Waals surface area contributed by atoms with Gasteiger partial charge in [-0.3, -0.25) is 0 Å². The zero-order valence-electron chi connectivity index (χ0n) is 9.54. The first-order valence-electron chi connectivity index (χ1n) is 5.27. The van der Waals surface area contributed by atoms with Crippen LogP contribution in [0.1, 0.15) is 12.0 Å². The average Bonchev–Trinajstić information content (AvgIpc) is 2.30. The third-order valence-electron chi connectivity index (χ3n) is 2.33. The Kier molecular flexibility index (Phi) is 3.99. The summed E-state index contributed by atoms with van der Waals surface area (Å²) in [6.07, 6.45) is -2.73. The van der Waals surface area contributed by atoms with Gasteiger partial charge in [0, 0.05) is 16.2 Å². The number of ether oxygens (including phenoxy) is 1. The molecule has 0 aliphatic carbocycles. The minimum Gasteiger partial charge on any atom is -0.457 e. The van der Waals surface area contributed by atoms with Gasteiger partial charge >= 0.3 is 0 Å². The van der Waals surface area contributed by atoms with Gasteiger partial charge in [0.25, 0.3) is 6.43 Å². The van der Waals surface area contributed by atoms with Crippen LogP contribution in [0.4, 0.5) is 18.9 Å². The Morgan fingerprint density at radius 2 is 1.84 bits per heavy atom. The maximum absolute atomic E-state index is 13.2. The zero-order valence-corrected chi connectivity index (χ0v) is 11.1. The zero-order chi connectivity index (χ0) is 14.0. The normalized spacial score (nSPS) is 10.8. The molecule has 19 heavy (non-hydrogen) atoms. The third kappa shape index (κ3) is 3.41. The molecule has 0 spiro atoms. The van der Waals surface area contributed by atoms with E-state index in [1.165, 1.54) is 24.3 Å². The van der Waals surface area contributed by atoms with E-state index in [1.54, 1.807) is 0 Å². The van der Waals surface area contributed by atoms with Crippen LogP contribution in [-0.2, 0) is 0 Å². The number of nitrogen functional groups attached to an aromatic ring is 1. The minimum atomic E-state index is -2.73. The molecule has 2 aromatic rings. The maximum atomic E-state index is 13.2. The van der Waals surface area contributed by atoms with Crippen molar-refractivity contribution in [2.75, 3.05) is 5.73 Å². The Balaban J connectivity index is 2.37. The summed E-state index contributed by atoms with van der Waals surface area (Å²) in [5.74, 6) is -0.460. The molecule has 2 aromatic carbocycles. The molecule has 0 saturated carbocycles. The van der Waals surface area contributed by atoms with Crippen LogP contribution in [0.25, 0.3) is 0 Å². The first-order valence-corrected chi connectivity index (χ1v) is 6.06. The van der Waals surface area contributed by atoms with Gasteiger partial charge in [-0.05, 0) is 30.3 Å². The number of nitrogens with two attached hydrogens (primary N) is 1. The Bertz CT molecular complexity index is 584. The van der Waals surface area contributed by atoms with Crippen molar-refractivity contribution in [2.45, 2.75) is 6.43 Å². The Morgan fingerprint density at radius 1 is 1.11 bits per heavy atom. The Labute approximate surface area is 116 Å². The summed E-state index contributed by atoms with van der Waals surface area (Å²) in [6, 6.07) is 7.73. The molecule has 0 heterocycles. The van der Waals surface area contributed by atoms with Gasteiger partial charge in [-0.25, -0.2) is 13.2 Å². The van der Waals surface area contributed by atoms with Gasteiger partial charge in [0.2, 0.25) is 0 Å². The van der Waals surface area contributed by atoms with E-state index in [-0.39, 0.29) is 22.7 Å². The van der Waals surface area contributed by atoms with Crippen molar-refractivity contribution >= 4 is 21.6 Å². The van der Waals surface area contributed by atoms with Crippen molar-refractivity contribution in [2.24, 2.45) is 0 Å². The molecule has 0 aromatic heterocycles. The topological polar surface area (TPSA) is 35.2 Å². The van der Waals surface area contributed by atoms with Crippen molar-refractivity contribution in [1.29, 1.82) is 0 Å². The second-order valence-corrected chi connectivity index (χ2v) is 4.72. The summed E-state index contributed by atoms with van der Waals surface area (Å²) in [6.45, 7) is 0. The summed E-state index contributed by atoms with van der Waals surface area (Å²) < 4.78 is 44.6. The summed E-state index contributed by atoms with van der Waals surface area (Å²) >= 11 is 3.10. The van der Waals surface area contributed by atoms with Crippen molar-refractivity contribution in [3.05, 3.63) is 52.3 Å². The highest BCUT2D eigenvalue weighted by Crippen LogP contribution is 2.34. The van der Waals surface area contributed by atoms with E-state index in [0.29, 0.717) is 4.47 Å². The van der Waals surface area contributed by atoms with Crippen molar-refractivity contribution in [1.82, 2.24) is 0 Å². The summed E-state index contributed by atoms with van der Waals surface area (Å²) in [4.78, 5) is 0. The molecule has 2 rings (SSSR count). The number of anilines is 1. The molecule has 0 aliphatic rings. The smallest absolute Gasteiger partial charge is 0.267 e. The van der Waals surface area contributed by atoms with Crippen molar-refractivity contribution in [3.63, 3.8) is 0 Å². The van der Waals surface area contributed by atoms with E-state index in [0.717, 1.165) is 12.1 Å². The fraction of sp³-hybridized carbons (Fsp3) is 0.0769. The monoisotopic (exact) mass is 331 g/mol. The Hall–Kier alpha value is -1.69. The Morgan fingerprint density at radius 3 is 2.47 bits per heavy atom. The van der Waals surface area contributed by atoms with Crippen LogP contribution in [0.2, 0.25) is 0 Å². The molecule has 0 saturated heterocycles. The van der Waals surface area contributed by atoms with Gasteiger partial charge in [-0.2, -0.15) is 0 Å². The molecular weight excluding hydrogens is 323 g/mol. The van der Waals surface area contributed by atoms with Gasteiger partial charge in [0.15, 0.2) is 0 Å². The highest BCUT2D eigenvalue weighted by Gasteiger charge is 2.15. The minimum absolute atomic E-state index is 0.0540. The molecule has 0 radical (unpaired) electrons. The molecule has 0 amide bonds. The van der Waals surface area contributed by atoms with E-state index in [2.05, 4.69) is 15.9 Å². The molecule has 2 nitrogen and oxygen atoms in total. The molecule has 0 aliphatic heterocycles. The van der Waals surface area contributed by atoms with Gasteiger partial charge in [0.1, 0.15) is 17.3 Å². The fourth-order valence-corrected chi connectivity index (χ4v) is 1.99. The average molecular weight is 332 g/mol. The number of rotatable bonds is 3. The van der Waals surface area contributed by atoms with Crippen LogP contribution in [0, 0.1) is 5.82 Å². The summed E-state index contributed by atoms with van der Waals surface area (Å²) in [5, 5.41) is 0. The van der Waals surface area contributed by atoms with Gasteiger partial charge in [-0.1, -0.05) is 15.9 Å². The summed E-state index contributed by atoms with van der Waals surface area (Å²) in [5.41, 5.74) is 5.33. The van der Waals surface area contributed by atoms with E-state index >= 15 is 0 Å². The molecule has 0 fully saturated rings. The van der Waals surface area contributed by atoms with Gasteiger partial charge < -0.3 is 10.5 Å². The highest BCUT2D eigenvalue weighted by molar-refractivity contribution is 9.10. The van der Waals surface area contributed by atoms with Crippen LogP contribution >= 0.6 is 15.9 Å². The molecule has 6 heteroatoms. The second kappa shape index (κ2) is 5.52. The number of benzene rings is 2. The van der Waals surface area contributed by atoms with E-state index in [1.807, 2.05) is 0 Å². The molecule has 0 atom stereocenters. The predicted octanol–water partition coefficient (Wildman–Crippen LogP) is 4.90. The number of hydrogen-bond acceptors (Lipinski definition) is 2. The van der Waals surface area contributed by atoms with E-state index in [9.17, 15) is 13.2 Å². The van der Waals surface area contributed by atoms with E-state index < -0.39 is 12.2 Å². The lowest BCUT2D eigenvalue weighted by molar-refractivity contribution is 0.148. The van der Waals surface area contributed by atoms with Crippen LogP contribution in [0.5, 0.6) is 11.5 Å². The second-order valence-electron chi connectivity index (χ2n) is 3.81. The largest absolute Gasteiger partial charge is 0.457 e. The number of halogens is 4. The maximum Gasteiger partial charge on any atom is 0.267 e. The first kappa shape index (κ1) is 13.7. The number of alkyl halides is 2. The highest BCUT2D eigenvalue weighted by atomic mass is 79.9. The predicted molar refractivity (Wildman–Crippen MR) is 70.0 cm³/mol. The van der Waals surface area contributed by atoms with Gasteiger partial charge in [0.05, 0.1) is 5.56 Å². The van der Waals surface area contributed by atoms with Crippen LogP contribution in [-0.4, -0.2) is 0 Å². The van der Waals surface area contributed by atoms with Gasteiger partial charge in [-0.15, -0.1) is 0 Å². The molecular formula is C13H9BrF3NO. The standard InChI is InChI=1S/C13H9BrF3NO/c14-7-3-8(15)5-10(4-7)19-12-2-1-9(18)6-11(12)13(16)17/h1-6,13H,18H2. The van der Waals surface area contributed by atoms with E-state index in [4.69, 9.17) is 10.5 Å². The van der Waals surface area contributed by atoms with Crippen molar-refractivity contribution < 1.29 is 17.9 Å². The first-order chi connectivity index (χ1) is 8.95. The molecule has 0 unspecified atom stereocenters. The third-order valence-corrected chi connectivity index (χ3v) is 2.79. The lowest BCUT2D eigenvalue weighted by Crippen LogP contribution is -1.95. The van der Waals surface area contributed by atoms with Crippen molar-refractivity contribution in [3.8, 4) is 11.5 Å². The quantitative estimate of drug-likeness (QED) is 0.812. The molecule has 0 bridgehead atoms. The molecule has 2 N–H and O–H groups in total.